The summed E-state index contributed by atoms with van der Waals surface area (Å²) in [5.74, 6) is 2.66. The number of amides is 1. The Hall–Kier alpha value is -1.59. The summed E-state index contributed by atoms with van der Waals surface area (Å²) in [6, 6.07) is 4.01. The standard InChI is InChI=1S/C18H24N2O2S/c1-13-9-17(14(2)22-13)11-20-6-3-15(4-7-20)10-19-18(21)16-5-8-23-12-16/h5,8-9,12,15H,3-4,6-7,10-11H2,1-2H3,(H,19,21). The average molecular weight is 332 g/mol. The molecule has 0 radical (unpaired) electrons. The number of thiophene rings is 1. The quantitative estimate of drug-likeness (QED) is 0.910. The highest BCUT2D eigenvalue weighted by Gasteiger charge is 2.21. The van der Waals surface area contributed by atoms with E-state index < -0.39 is 0 Å². The molecule has 3 rings (SSSR count). The van der Waals surface area contributed by atoms with Crippen molar-refractivity contribution in [3.05, 3.63) is 45.5 Å². The molecule has 1 saturated heterocycles. The fourth-order valence-electron chi connectivity index (χ4n) is 3.16. The zero-order valence-corrected chi connectivity index (χ0v) is 14.6. The van der Waals surface area contributed by atoms with Crippen LogP contribution >= 0.6 is 11.3 Å². The number of likely N-dealkylation sites (tertiary alicyclic amines) is 1. The molecular formula is C18H24N2O2S. The number of nitrogens with one attached hydrogen (secondary N) is 1. The van der Waals surface area contributed by atoms with Crippen molar-refractivity contribution >= 4 is 17.2 Å². The van der Waals surface area contributed by atoms with Crippen molar-refractivity contribution in [3.63, 3.8) is 0 Å². The average Bonchev–Trinajstić information content (AvgIpc) is 3.17. The molecule has 4 nitrogen and oxygen atoms in total. The van der Waals surface area contributed by atoms with Crippen molar-refractivity contribution < 1.29 is 9.21 Å². The largest absolute Gasteiger partial charge is 0.466 e. The Kier molecular flexibility index (Phi) is 5.18. The highest BCUT2D eigenvalue weighted by Crippen LogP contribution is 2.21. The molecule has 3 heterocycles. The second-order valence-electron chi connectivity index (χ2n) is 6.38. The van der Waals surface area contributed by atoms with Crippen molar-refractivity contribution in [1.82, 2.24) is 10.2 Å². The van der Waals surface area contributed by atoms with Gasteiger partial charge < -0.3 is 9.73 Å². The Morgan fingerprint density at radius 3 is 2.78 bits per heavy atom. The summed E-state index contributed by atoms with van der Waals surface area (Å²) in [5.41, 5.74) is 2.07. The first-order chi connectivity index (χ1) is 11.1. The number of carbonyl (C=O) groups excluding carboxylic acids is 1. The van der Waals surface area contributed by atoms with Gasteiger partial charge in [-0.05, 0) is 63.2 Å². The Labute approximate surface area is 141 Å². The van der Waals surface area contributed by atoms with Crippen LogP contribution in [-0.4, -0.2) is 30.4 Å². The first-order valence-electron chi connectivity index (χ1n) is 8.20. The summed E-state index contributed by atoms with van der Waals surface area (Å²) in [5, 5.41) is 6.90. The number of hydrogen-bond donors (Lipinski definition) is 1. The van der Waals surface area contributed by atoms with Crippen LogP contribution in [0.5, 0.6) is 0 Å². The molecule has 1 aliphatic rings. The lowest BCUT2D eigenvalue weighted by molar-refractivity contribution is 0.0935. The molecule has 2 aromatic heterocycles. The van der Waals surface area contributed by atoms with E-state index in [4.69, 9.17) is 4.42 Å². The van der Waals surface area contributed by atoms with E-state index >= 15 is 0 Å². The zero-order chi connectivity index (χ0) is 16.2. The van der Waals surface area contributed by atoms with Crippen LogP contribution < -0.4 is 5.32 Å². The molecule has 2 aromatic rings. The van der Waals surface area contributed by atoms with Crippen LogP contribution in [0.15, 0.2) is 27.3 Å². The molecule has 0 spiro atoms. The third-order valence-electron chi connectivity index (χ3n) is 4.58. The molecule has 0 aromatic carbocycles. The van der Waals surface area contributed by atoms with Crippen molar-refractivity contribution in [2.24, 2.45) is 5.92 Å². The zero-order valence-electron chi connectivity index (χ0n) is 13.8. The summed E-state index contributed by atoms with van der Waals surface area (Å²) < 4.78 is 5.60. The van der Waals surface area contributed by atoms with Crippen molar-refractivity contribution in [3.8, 4) is 0 Å². The van der Waals surface area contributed by atoms with Gasteiger partial charge in [-0.15, -0.1) is 0 Å². The smallest absolute Gasteiger partial charge is 0.252 e. The van der Waals surface area contributed by atoms with Crippen LogP contribution in [0, 0.1) is 19.8 Å². The van der Waals surface area contributed by atoms with E-state index in [9.17, 15) is 4.79 Å². The van der Waals surface area contributed by atoms with Crippen LogP contribution in [0.1, 0.15) is 40.3 Å². The molecule has 23 heavy (non-hydrogen) atoms. The van der Waals surface area contributed by atoms with Gasteiger partial charge in [0, 0.05) is 29.6 Å². The molecular weight excluding hydrogens is 308 g/mol. The number of rotatable bonds is 5. The Morgan fingerprint density at radius 2 is 2.17 bits per heavy atom. The number of hydrogen-bond acceptors (Lipinski definition) is 4. The number of piperidine rings is 1. The van der Waals surface area contributed by atoms with Gasteiger partial charge in [0.05, 0.1) is 0 Å². The van der Waals surface area contributed by atoms with Gasteiger partial charge in [0.2, 0.25) is 0 Å². The number of aryl methyl sites for hydroxylation is 2. The van der Waals surface area contributed by atoms with E-state index in [0.717, 1.165) is 56.1 Å². The minimum absolute atomic E-state index is 0.0539. The first kappa shape index (κ1) is 16.3. The van der Waals surface area contributed by atoms with Gasteiger partial charge in [0.25, 0.3) is 5.91 Å². The Balaban J connectivity index is 1.42. The first-order valence-corrected chi connectivity index (χ1v) is 9.15. The summed E-state index contributed by atoms with van der Waals surface area (Å²) in [4.78, 5) is 14.4. The summed E-state index contributed by atoms with van der Waals surface area (Å²) >= 11 is 1.56. The lowest BCUT2D eigenvalue weighted by atomic mass is 9.96. The van der Waals surface area contributed by atoms with Crippen molar-refractivity contribution in [2.75, 3.05) is 19.6 Å². The van der Waals surface area contributed by atoms with Crippen LogP contribution in [0.4, 0.5) is 0 Å². The predicted molar refractivity (Wildman–Crippen MR) is 92.8 cm³/mol. The van der Waals surface area contributed by atoms with E-state index in [2.05, 4.69) is 16.3 Å². The second-order valence-corrected chi connectivity index (χ2v) is 7.16. The van der Waals surface area contributed by atoms with Crippen LogP contribution in [0.25, 0.3) is 0 Å². The molecule has 124 valence electrons. The summed E-state index contributed by atoms with van der Waals surface area (Å²) in [6.45, 7) is 7.96. The molecule has 0 bridgehead atoms. The van der Waals surface area contributed by atoms with Crippen LogP contribution in [0.3, 0.4) is 0 Å². The lowest BCUT2D eigenvalue weighted by Crippen LogP contribution is -2.38. The van der Waals surface area contributed by atoms with E-state index in [1.807, 2.05) is 30.7 Å². The molecule has 1 amide bonds. The van der Waals surface area contributed by atoms with Crippen LogP contribution in [0.2, 0.25) is 0 Å². The SMILES string of the molecule is Cc1cc(CN2CCC(CNC(=O)c3ccsc3)CC2)c(C)o1. The van der Waals surface area contributed by atoms with E-state index in [1.54, 1.807) is 11.3 Å². The van der Waals surface area contributed by atoms with Gasteiger partial charge in [-0.2, -0.15) is 11.3 Å². The minimum atomic E-state index is 0.0539. The van der Waals surface area contributed by atoms with Gasteiger partial charge in [0.15, 0.2) is 0 Å². The lowest BCUT2D eigenvalue weighted by Gasteiger charge is -2.31. The Bertz CT molecular complexity index is 640. The van der Waals surface area contributed by atoms with Gasteiger partial charge >= 0.3 is 0 Å². The maximum atomic E-state index is 12.0. The highest BCUT2D eigenvalue weighted by atomic mass is 32.1. The van der Waals surface area contributed by atoms with E-state index in [-0.39, 0.29) is 5.91 Å². The number of carbonyl (C=O) groups is 1. The molecule has 1 N–H and O–H groups in total. The van der Waals surface area contributed by atoms with Gasteiger partial charge in [-0.25, -0.2) is 0 Å². The molecule has 1 aliphatic heterocycles. The maximum Gasteiger partial charge on any atom is 0.252 e. The second kappa shape index (κ2) is 7.32. The molecule has 0 saturated carbocycles. The fourth-order valence-corrected chi connectivity index (χ4v) is 3.80. The molecule has 1 fully saturated rings. The van der Waals surface area contributed by atoms with E-state index in [1.165, 1.54) is 5.56 Å². The maximum absolute atomic E-state index is 12.0. The van der Waals surface area contributed by atoms with E-state index in [0.29, 0.717) is 5.92 Å². The molecule has 0 aliphatic carbocycles. The van der Waals surface area contributed by atoms with Crippen LogP contribution in [-0.2, 0) is 6.54 Å². The Morgan fingerprint density at radius 1 is 1.39 bits per heavy atom. The minimum Gasteiger partial charge on any atom is -0.466 e. The summed E-state index contributed by atoms with van der Waals surface area (Å²) in [7, 11) is 0. The van der Waals surface area contributed by atoms with Gasteiger partial charge in [-0.1, -0.05) is 0 Å². The topological polar surface area (TPSA) is 45.5 Å². The van der Waals surface area contributed by atoms with Gasteiger partial charge in [0.1, 0.15) is 11.5 Å². The third-order valence-corrected chi connectivity index (χ3v) is 5.26. The summed E-state index contributed by atoms with van der Waals surface area (Å²) in [6.07, 6.45) is 2.28. The number of nitrogens with zero attached hydrogens (tertiary/aromatic N) is 1. The number of furan rings is 1. The highest BCUT2D eigenvalue weighted by molar-refractivity contribution is 7.08. The molecule has 5 heteroatoms. The third kappa shape index (κ3) is 4.24. The van der Waals surface area contributed by atoms with Crippen molar-refractivity contribution in [1.29, 1.82) is 0 Å². The predicted octanol–water partition coefficient (Wildman–Crippen LogP) is 3.60. The van der Waals surface area contributed by atoms with Gasteiger partial charge in [-0.3, -0.25) is 9.69 Å². The monoisotopic (exact) mass is 332 g/mol. The molecule has 0 unspecified atom stereocenters. The van der Waals surface area contributed by atoms with Crippen molar-refractivity contribution in [2.45, 2.75) is 33.2 Å². The molecule has 0 atom stereocenters. The fraction of sp³-hybridized carbons (Fsp3) is 0.500. The normalized spacial score (nSPS) is 16.6.